The van der Waals surface area contributed by atoms with Crippen molar-refractivity contribution in [2.24, 2.45) is 5.92 Å². The molecule has 1 aliphatic carbocycles. The summed E-state index contributed by atoms with van der Waals surface area (Å²) in [5, 5.41) is 14.8. The highest BCUT2D eigenvalue weighted by atomic mass is 16.3. The highest BCUT2D eigenvalue weighted by Crippen LogP contribution is 2.34. The third kappa shape index (κ3) is 2.58. The average molecular weight is 251 g/mol. The molecule has 1 aromatic rings. The number of rotatable bonds is 4. The smallest absolute Gasteiger partial charge is 0.150 e. The maximum Gasteiger partial charge on any atom is 0.150 e. The number of aliphatic hydroxyl groups excluding tert-OH is 1. The lowest BCUT2D eigenvalue weighted by Gasteiger charge is -2.33. The Balaban J connectivity index is 2.24. The van der Waals surface area contributed by atoms with Crippen molar-refractivity contribution in [1.29, 1.82) is 0 Å². The number of aromatic nitrogens is 3. The second-order valence-electron chi connectivity index (χ2n) is 5.32. The Labute approximate surface area is 109 Å². The van der Waals surface area contributed by atoms with Gasteiger partial charge in [0.25, 0.3) is 0 Å². The molecule has 3 atom stereocenters. The van der Waals surface area contributed by atoms with E-state index in [0.29, 0.717) is 0 Å². The van der Waals surface area contributed by atoms with Gasteiger partial charge >= 0.3 is 0 Å². The molecule has 1 N–H and O–H groups in total. The zero-order valence-electron chi connectivity index (χ0n) is 11.8. The summed E-state index contributed by atoms with van der Waals surface area (Å²) >= 11 is 0. The first-order valence-corrected chi connectivity index (χ1v) is 7.31. The van der Waals surface area contributed by atoms with Gasteiger partial charge in [-0.05, 0) is 25.2 Å². The van der Waals surface area contributed by atoms with E-state index in [1.54, 1.807) is 0 Å². The van der Waals surface area contributed by atoms with Gasteiger partial charge in [0.15, 0.2) is 5.82 Å². The zero-order valence-corrected chi connectivity index (χ0v) is 11.8. The molecule has 1 aliphatic rings. The summed E-state index contributed by atoms with van der Waals surface area (Å²) in [5.41, 5.74) is 0. The predicted octanol–water partition coefficient (Wildman–Crippen LogP) is 2.52. The van der Waals surface area contributed by atoms with Crippen LogP contribution in [0.5, 0.6) is 0 Å². The van der Waals surface area contributed by atoms with Crippen LogP contribution in [0, 0.1) is 5.92 Å². The van der Waals surface area contributed by atoms with Crippen LogP contribution in [-0.2, 0) is 12.8 Å². The maximum absolute atomic E-state index is 10.2. The Morgan fingerprint density at radius 2 is 2.00 bits per heavy atom. The third-order valence-electron chi connectivity index (χ3n) is 4.16. The second kappa shape index (κ2) is 5.83. The Morgan fingerprint density at radius 1 is 1.22 bits per heavy atom. The molecule has 0 saturated heterocycles. The molecule has 0 bridgehead atoms. The highest BCUT2D eigenvalue weighted by molar-refractivity contribution is 4.97. The zero-order chi connectivity index (χ0) is 13.1. The van der Waals surface area contributed by atoms with E-state index in [1.165, 1.54) is 6.42 Å². The average Bonchev–Trinajstić information content (AvgIpc) is 2.82. The third-order valence-corrected chi connectivity index (χ3v) is 4.16. The molecule has 4 nitrogen and oxygen atoms in total. The van der Waals surface area contributed by atoms with Crippen LogP contribution in [0.4, 0.5) is 0 Å². The van der Waals surface area contributed by atoms with Crippen molar-refractivity contribution < 1.29 is 5.11 Å². The lowest BCUT2D eigenvalue weighted by Crippen LogP contribution is -2.33. The van der Waals surface area contributed by atoms with Crippen LogP contribution in [0.15, 0.2) is 0 Å². The van der Waals surface area contributed by atoms with Crippen molar-refractivity contribution in [3.8, 4) is 0 Å². The molecule has 0 aliphatic heterocycles. The van der Waals surface area contributed by atoms with E-state index < -0.39 is 0 Å². The standard InChI is InChI=1S/C14H25N3O/c1-4-10-7-8-12(18)11(9-10)17-14(6-3)15-13(5-2)16-17/h10-12,18H,4-9H2,1-3H3. The molecule has 0 aromatic carbocycles. The van der Waals surface area contributed by atoms with Crippen molar-refractivity contribution in [1.82, 2.24) is 14.8 Å². The fourth-order valence-corrected chi connectivity index (χ4v) is 2.91. The van der Waals surface area contributed by atoms with E-state index in [9.17, 15) is 5.11 Å². The van der Waals surface area contributed by atoms with Gasteiger partial charge in [0, 0.05) is 12.8 Å². The summed E-state index contributed by atoms with van der Waals surface area (Å²) in [4.78, 5) is 4.55. The summed E-state index contributed by atoms with van der Waals surface area (Å²) in [5.74, 6) is 2.64. The number of hydrogen-bond donors (Lipinski definition) is 1. The number of nitrogens with zero attached hydrogens (tertiary/aromatic N) is 3. The minimum absolute atomic E-state index is 0.131. The fourth-order valence-electron chi connectivity index (χ4n) is 2.91. The van der Waals surface area contributed by atoms with Gasteiger partial charge in [-0.2, -0.15) is 5.10 Å². The van der Waals surface area contributed by atoms with Gasteiger partial charge < -0.3 is 5.11 Å². The van der Waals surface area contributed by atoms with Crippen LogP contribution in [0.3, 0.4) is 0 Å². The summed E-state index contributed by atoms with van der Waals surface area (Å²) in [7, 11) is 0. The number of aryl methyl sites for hydroxylation is 2. The van der Waals surface area contributed by atoms with E-state index in [0.717, 1.165) is 49.7 Å². The molecule has 1 aromatic heterocycles. The minimum atomic E-state index is -0.260. The molecule has 4 heteroatoms. The molecule has 3 unspecified atom stereocenters. The summed E-state index contributed by atoms with van der Waals surface area (Å²) in [6.45, 7) is 6.41. The van der Waals surface area contributed by atoms with E-state index in [2.05, 4.69) is 30.9 Å². The molecule has 0 spiro atoms. The van der Waals surface area contributed by atoms with E-state index in [-0.39, 0.29) is 12.1 Å². The normalized spacial score (nSPS) is 28.6. The highest BCUT2D eigenvalue weighted by Gasteiger charge is 2.31. The fraction of sp³-hybridized carbons (Fsp3) is 0.857. The van der Waals surface area contributed by atoms with Crippen molar-refractivity contribution in [2.45, 2.75) is 71.4 Å². The first-order chi connectivity index (χ1) is 8.69. The first-order valence-electron chi connectivity index (χ1n) is 7.31. The topological polar surface area (TPSA) is 50.9 Å². The molecule has 1 heterocycles. The van der Waals surface area contributed by atoms with Crippen LogP contribution in [0.1, 0.15) is 64.1 Å². The van der Waals surface area contributed by atoms with Crippen LogP contribution in [0.2, 0.25) is 0 Å². The molecular formula is C14H25N3O. The molecule has 1 saturated carbocycles. The molecule has 2 rings (SSSR count). The summed E-state index contributed by atoms with van der Waals surface area (Å²) in [6.07, 6.45) is 5.76. The number of hydrogen-bond acceptors (Lipinski definition) is 3. The van der Waals surface area contributed by atoms with Crippen molar-refractivity contribution >= 4 is 0 Å². The molecule has 1 fully saturated rings. The van der Waals surface area contributed by atoms with Gasteiger partial charge in [-0.25, -0.2) is 9.67 Å². The molecule has 18 heavy (non-hydrogen) atoms. The Bertz CT molecular complexity index is 388. The largest absolute Gasteiger partial charge is 0.391 e. The van der Waals surface area contributed by atoms with Crippen LogP contribution >= 0.6 is 0 Å². The first kappa shape index (κ1) is 13.5. The molecule has 0 amide bonds. The Hall–Kier alpha value is -0.900. The molecule has 102 valence electrons. The van der Waals surface area contributed by atoms with Crippen molar-refractivity contribution in [3.63, 3.8) is 0 Å². The second-order valence-corrected chi connectivity index (χ2v) is 5.32. The maximum atomic E-state index is 10.2. The summed E-state index contributed by atoms with van der Waals surface area (Å²) in [6, 6.07) is 0.131. The Kier molecular flexibility index (Phi) is 4.38. The van der Waals surface area contributed by atoms with Crippen molar-refractivity contribution in [3.05, 3.63) is 11.6 Å². The predicted molar refractivity (Wildman–Crippen MR) is 71.5 cm³/mol. The van der Waals surface area contributed by atoms with Crippen LogP contribution in [0.25, 0.3) is 0 Å². The van der Waals surface area contributed by atoms with Gasteiger partial charge in [-0.15, -0.1) is 0 Å². The SMILES string of the molecule is CCc1nc(CC)n(C2CC(CC)CCC2O)n1. The number of aliphatic hydroxyl groups is 1. The summed E-state index contributed by atoms with van der Waals surface area (Å²) < 4.78 is 2.01. The van der Waals surface area contributed by atoms with Gasteiger partial charge in [-0.3, -0.25) is 0 Å². The van der Waals surface area contributed by atoms with Gasteiger partial charge in [-0.1, -0.05) is 27.2 Å². The lowest BCUT2D eigenvalue weighted by molar-refractivity contribution is 0.0459. The Morgan fingerprint density at radius 3 is 2.61 bits per heavy atom. The van der Waals surface area contributed by atoms with E-state index in [1.807, 2.05) is 4.68 Å². The van der Waals surface area contributed by atoms with Crippen LogP contribution < -0.4 is 0 Å². The lowest BCUT2D eigenvalue weighted by atomic mass is 9.82. The van der Waals surface area contributed by atoms with Crippen LogP contribution in [-0.4, -0.2) is 26.0 Å². The van der Waals surface area contributed by atoms with Gasteiger partial charge in [0.05, 0.1) is 12.1 Å². The van der Waals surface area contributed by atoms with Crippen molar-refractivity contribution in [2.75, 3.05) is 0 Å². The quantitative estimate of drug-likeness (QED) is 0.894. The van der Waals surface area contributed by atoms with E-state index in [4.69, 9.17) is 0 Å². The molecular weight excluding hydrogens is 226 g/mol. The minimum Gasteiger partial charge on any atom is -0.391 e. The molecule has 0 radical (unpaired) electrons. The monoisotopic (exact) mass is 251 g/mol. The van der Waals surface area contributed by atoms with Gasteiger partial charge in [0.1, 0.15) is 5.82 Å². The van der Waals surface area contributed by atoms with E-state index >= 15 is 0 Å². The van der Waals surface area contributed by atoms with Gasteiger partial charge in [0.2, 0.25) is 0 Å².